The van der Waals surface area contributed by atoms with E-state index in [4.69, 9.17) is 4.74 Å². The lowest BCUT2D eigenvalue weighted by molar-refractivity contribution is -0.152. The van der Waals surface area contributed by atoms with Crippen LogP contribution in [0.25, 0.3) is 6.08 Å². The molecule has 0 aliphatic carbocycles. The van der Waals surface area contributed by atoms with E-state index in [-0.39, 0.29) is 11.9 Å². The molecule has 0 saturated heterocycles. The fraction of sp³-hybridized carbons (Fsp3) is 0.438. The van der Waals surface area contributed by atoms with Crippen LogP contribution in [0.2, 0.25) is 0 Å². The molecule has 2 unspecified atom stereocenters. The summed E-state index contributed by atoms with van der Waals surface area (Å²) in [6, 6.07) is 9.67. The van der Waals surface area contributed by atoms with Gasteiger partial charge in [-0.05, 0) is 18.4 Å². The number of carbonyl (C=O) groups excluding carboxylic acids is 1. The number of benzene rings is 1. The largest absolute Gasteiger partial charge is 0.466 e. The third kappa shape index (κ3) is 4.87. The molecule has 1 rings (SSSR count). The highest BCUT2D eigenvalue weighted by molar-refractivity contribution is 5.74. The number of carbonyl (C=O) groups is 1. The van der Waals surface area contributed by atoms with Crippen molar-refractivity contribution >= 4 is 12.0 Å². The summed E-state index contributed by atoms with van der Waals surface area (Å²) >= 11 is 0. The van der Waals surface area contributed by atoms with E-state index in [2.05, 4.69) is 0 Å². The molecule has 0 spiro atoms. The summed E-state index contributed by atoms with van der Waals surface area (Å²) in [6.07, 6.45) is 2.63. The smallest absolute Gasteiger partial charge is 0.312 e. The number of aliphatic hydroxyl groups excluding tert-OH is 1. The maximum atomic E-state index is 11.8. The minimum absolute atomic E-state index is 0.0227. The Hall–Kier alpha value is -1.61. The van der Waals surface area contributed by atoms with E-state index in [0.29, 0.717) is 6.61 Å². The normalized spacial score (nSPS) is 14.6. The van der Waals surface area contributed by atoms with E-state index < -0.39 is 12.0 Å². The van der Waals surface area contributed by atoms with Crippen LogP contribution in [0.3, 0.4) is 0 Å². The summed E-state index contributed by atoms with van der Waals surface area (Å²) in [5, 5.41) is 10.2. The third-order valence-electron chi connectivity index (χ3n) is 2.93. The molecule has 1 aromatic rings. The second kappa shape index (κ2) is 7.74. The highest BCUT2D eigenvalue weighted by atomic mass is 16.5. The standard InChI is InChI=1S/C16H22O3/c1-4-19-16(18)15(12(2)3)14(17)11-10-13-8-6-5-7-9-13/h5-12,14-15,17H,4H2,1-3H3/b11-10+. The Morgan fingerprint density at radius 1 is 1.32 bits per heavy atom. The Morgan fingerprint density at radius 2 is 1.95 bits per heavy atom. The van der Waals surface area contributed by atoms with Crippen LogP contribution in [0, 0.1) is 11.8 Å². The Morgan fingerprint density at radius 3 is 2.47 bits per heavy atom. The van der Waals surface area contributed by atoms with Gasteiger partial charge in [-0.25, -0.2) is 0 Å². The molecule has 0 radical (unpaired) electrons. The van der Waals surface area contributed by atoms with Gasteiger partial charge in [-0.3, -0.25) is 4.79 Å². The molecule has 3 nitrogen and oxygen atoms in total. The molecule has 0 fully saturated rings. The molecule has 0 aliphatic rings. The number of hydrogen-bond donors (Lipinski definition) is 1. The van der Waals surface area contributed by atoms with Crippen molar-refractivity contribution in [3.05, 3.63) is 42.0 Å². The first-order valence-corrected chi connectivity index (χ1v) is 6.64. The van der Waals surface area contributed by atoms with Crippen LogP contribution in [0.15, 0.2) is 36.4 Å². The average Bonchev–Trinajstić information content (AvgIpc) is 2.37. The molecule has 0 aromatic heterocycles. The summed E-state index contributed by atoms with van der Waals surface area (Å²) < 4.78 is 5.01. The van der Waals surface area contributed by atoms with E-state index in [9.17, 15) is 9.90 Å². The summed E-state index contributed by atoms with van der Waals surface area (Å²) in [4.78, 5) is 11.8. The van der Waals surface area contributed by atoms with Gasteiger partial charge in [0.05, 0.1) is 18.6 Å². The fourth-order valence-corrected chi connectivity index (χ4v) is 1.94. The van der Waals surface area contributed by atoms with Crippen molar-refractivity contribution in [1.82, 2.24) is 0 Å². The summed E-state index contributed by atoms with van der Waals surface area (Å²) in [5.74, 6) is -0.850. The molecule has 19 heavy (non-hydrogen) atoms. The van der Waals surface area contributed by atoms with E-state index >= 15 is 0 Å². The number of aliphatic hydroxyl groups is 1. The van der Waals surface area contributed by atoms with Crippen LogP contribution in [-0.2, 0) is 9.53 Å². The molecule has 0 heterocycles. The fourth-order valence-electron chi connectivity index (χ4n) is 1.94. The highest BCUT2D eigenvalue weighted by Gasteiger charge is 2.29. The molecule has 0 amide bonds. The minimum atomic E-state index is -0.834. The van der Waals surface area contributed by atoms with E-state index in [1.54, 1.807) is 13.0 Å². The Labute approximate surface area is 114 Å². The van der Waals surface area contributed by atoms with Gasteiger partial charge in [-0.15, -0.1) is 0 Å². The Kier molecular flexibility index (Phi) is 6.30. The SMILES string of the molecule is CCOC(=O)C(C(C)C)C(O)/C=C/c1ccccc1. The maximum absolute atomic E-state index is 11.8. The average molecular weight is 262 g/mol. The lowest BCUT2D eigenvalue weighted by atomic mass is 9.90. The van der Waals surface area contributed by atoms with E-state index in [1.807, 2.05) is 50.3 Å². The molecule has 3 heteroatoms. The van der Waals surface area contributed by atoms with Gasteiger partial charge in [0, 0.05) is 0 Å². The van der Waals surface area contributed by atoms with Gasteiger partial charge in [0.25, 0.3) is 0 Å². The molecular formula is C16H22O3. The zero-order valence-electron chi connectivity index (χ0n) is 11.7. The van der Waals surface area contributed by atoms with Gasteiger partial charge >= 0.3 is 5.97 Å². The predicted molar refractivity (Wildman–Crippen MR) is 76.4 cm³/mol. The molecule has 104 valence electrons. The lowest BCUT2D eigenvalue weighted by Crippen LogP contribution is -2.32. The van der Waals surface area contributed by atoms with Crippen molar-refractivity contribution in [3.63, 3.8) is 0 Å². The second-order valence-electron chi connectivity index (χ2n) is 4.78. The van der Waals surface area contributed by atoms with Gasteiger partial charge < -0.3 is 9.84 Å². The van der Waals surface area contributed by atoms with Crippen molar-refractivity contribution in [2.75, 3.05) is 6.61 Å². The van der Waals surface area contributed by atoms with Crippen LogP contribution < -0.4 is 0 Å². The molecule has 0 aliphatic heterocycles. The van der Waals surface area contributed by atoms with E-state index in [0.717, 1.165) is 5.56 Å². The highest BCUT2D eigenvalue weighted by Crippen LogP contribution is 2.19. The van der Waals surface area contributed by atoms with Crippen molar-refractivity contribution in [1.29, 1.82) is 0 Å². The Bertz CT molecular complexity index is 409. The number of rotatable bonds is 6. The van der Waals surface area contributed by atoms with Crippen LogP contribution in [0.4, 0.5) is 0 Å². The molecule has 1 aromatic carbocycles. The van der Waals surface area contributed by atoms with Crippen molar-refractivity contribution in [2.24, 2.45) is 11.8 Å². The maximum Gasteiger partial charge on any atom is 0.312 e. The van der Waals surface area contributed by atoms with Crippen LogP contribution >= 0.6 is 0 Å². The first kappa shape index (κ1) is 15.4. The van der Waals surface area contributed by atoms with Crippen LogP contribution in [-0.4, -0.2) is 23.8 Å². The van der Waals surface area contributed by atoms with Crippen LogP contribution in [0.1, 0.15) is 26.3 Å². The van der Waals surface area contributed by atoms with Gasteiger partial charge in [-0.1, -0.05) is 56.3 Å². The molecule has 2 atom stereocenters. The first-order chi connectivity index (χ1) is 9.06. The molecular weight excluding hydrogens is 240 g/mol. The second-order valence-corrected chi connectivity index (χ2v) is 4.78. The van der Waals surface area contributed by atoms with E-state index in [1.165, 1.54) is 0 Å². The first-order valence-electron chi connectivity index (χ1n) is 6.64. The minimum Gasteiger partial charge on any atom is -0.466 e. The lowest BCUT2D eigenvalue weighted by Gasteiger charge is -2.22. The molecule has 0 saturated carbocycles. The van der Waals surface area contributed by atoms with Crippen molar-refractivity contribution in [2.45, 2.75) is 26.9 Å². The zero-order valence-corrected chi connectivity index (χ0v) is 11.7. The van der Waals surface area contributed by atoms with Crippen molar-refractivity contribution in [3.8, 4) is 0 Å². The number of esters is 1. The van der Waals surface area contributed by atoms with Gasteiger partial charge in [0.15, 0.2) is 0 Å². The predicted octanol–water partition coefficient (Wildman–Crippen LogP) is 2.90. The van der Waals surface area contributed by atoms with Gasteiger partial charge in [0.2, 0.25) is 0 Å². The summed E-state index contributed by atoms with van der Waals surface area (Å²) in [7, 11) is 0. The molecule has 0 bridgehead atoms. The number of ether oxygens (including phenoxy) is 1. The zero-order chi connectivity index (χ0) is 14.3. The topological polar surface area (TPSA) is 46.5 Å². The Balaban J connectivity index is 2.75. The van der Waals surface area contributed by atoms with Gasteiger partial charge in [-0.2, -0.15) is 0 Å². The van der Waals surface area contributed by atoms with Gasteiger partial charge in [0.1, 0.15) is 0 Å². The quantitative estimate of drug-likeness (QED) is 0.802. The van der Waals surface area contributed by atoms with Crippen LogP contribution in [0.5, 0.6) is 0 Å². The van der Waals surface area contributed by atoms with Crippen molar-refractivity contribution < 1.29 is 14.6 Å². The third-order valence-corrected chi connectivity index (χ3v) is 2.93. The monoisotopic (exact) mass is 262 g/mol. The summed E-state index contributed by atoms with van der Waals surface area (Å²) in [6.45, 7) is 5.90. The summed E-state index contributed by atoms with van der Waals surface area (Å²) in [5.41, 5.74) is 0.993. The molecule has 1 N–H and O–H groups in total. The number of hydrogen-bond acceptors (Lipinski definition) is 3.